The minimum Gasteiger partial charge on any atom is -0.343 e. The zero-order valence-electron chi connectivity index (χ0n) is 12.8. The lowest BCUT2D eigenvalue weighted by Crippen LogP contribution is -2.03. The zero-order valence-corrected chi connectivity index (χ0v) is 12.8. The summed E-state index contributed by atoms with van der Waals surface area (Å²) in [5, 5.41) is 1.30. The SMILES string of the molecule is Cc1cccc(C)c1Cn1ccc2cc(CCN)ccc21. The molecule has 2 heteroatoms. The van der Waals surface area contributed by atoms with Gasteiger partial charge in [0.05, 0.1) is 0 Å². The first kappa shape index (κ1) is 13.9. The Morgan fingerprint density at radius 2 is 1.76 bits per heavy atom. The minimum absolute atomic E-state index is 0.703. The molecular formula is C19H22N2. The lowest BCUT2D eigenvalue weighted by atomic mass is 10.0. The standard InChI is InChI=1S/C19H22N2/c1-14-4-3-5-15(2)18(14)13-21-11-9-17-12-16(8-10-20)6-7-19(17)21/h3-7,9,11-12H,8,10,13,20H2,1-2H3. The second-order valence-electron chi connectivity index (χ2n) is 5.75. The summed E-state index contributed by atoms with van der Waals surface area (Å²) in [6.07, 6.45) is 3.13. The molecule has 3 rings (SSSR count). The maximum absolute atomic E-state index is 5.64. The van der Waals surface area contributed by atoms with Crippen molar-refractivity contribution in [2.75, 3.05) is 6.54 Å². The van der Waals surface area contributed by atoms with E-state index in [2.05, 4.69) is 67.1 Å². The molecule has 0 amide bonds. The Balaban J connectivity index is 1.98. The average molecular weight is 278 g/mol. The van der Waals surface area contributed by atoms with Gasteiger partial charge in [-0.25, -0.2) is 0 Å². The summed E-state index contributed by atoms with van der Waals surface area (Å²) in [5.74, 6) is 0. The van der Waals surface area contributed by atoms with Gasteiger partial charge in [0.25, 0.3) is 0 Å². The number of hydrogen-bond donors (Lipinski definition) is 1. The summed E-state index contributed by atoms with van der Waals surface area (Å²) >= 11 is 0. The first-order valence-corrected chi connectivity index (χ1v) is 7.52. The molecule has 1 aromatic heterocycles. The minimum atomic E-state index is 0.703. The quantitative estimate of drug-likeness (QED) is 0.773. The molecule has 0 atom stereocenters. The van der Waals surface area contributed by atoms with E-state index in [1.165, 1.54) is 33.2 Å². The molecule has 0 aliphatic heterocycles. The number of aryl methyl sites for hydroxylation is 2. The predicted molar refractivity (Wildman–Crippen MR) is 89.7 cm³/mol. The number of rotatable bonds is 4. The number of nitrogens with two attached hydrogens (primary N) is 1. The molecule has 0 unspecified atom stereocenters. The maximum Gasteiger partial charge on any atom is 0.0483 e. The summed E-state index contributed by atoms with van der Waals surface area (Å²) in [6.45, 7) is 6.01. The van der Waals surface area contributed by atoms with Crippen molar-refractivity contribution in [3.63, 3.8) is 0 Å². The van der Waals surface area contributed by atoms with Crippen LogP contribution in [-0.2, 0) is 13.0 Å². The van der Waals surface area contributed by atoms with E-state index in [4.69, 9.17) is 5.73 Å². The highest BCUT2D eigenvalue weighted by Gasteiger charge is 2.06. The van der Waals surface area contributed by atoms with Gasteiger partial charge in [0.15, 0.2) is 0 Å². The Morgan fingerprint density at radius 1 is 1.00 bits per heavy atom. The lowest BCUT2D eigenvalue weighted by Gasteiger charge is -2.12. The van der Waals surface area contributed by atoms with E-state index in [1.807, 2.05) is 0 Å². The topological polar surface area (TPSA) is 30.9 Å². The van der Waals surface area contributed by atoms with E-state index in [1.54, 1.807) is 0 Å². The van der Waals surface area contributed by atoms with Crippen LogP contribution < -0.4 is 5.73 Å². The normalized spacial score (nSPS) is 11.2. The number of fused-ring (bicyclic) bond motifs is 1. The molecule has 0 fully saturated rings. The van der Waals surface area contributed by atoms with Gasteiger partial charge in [-0.15, -0.1) is 0 Å². The van der Waals surface area contributed by atoms with Gasteiger partial charge in [-0.2, -0.15) is 0 Å². The zero-order chi connectivity index (χ0) is 14.8. The molecule has 0 spiro atoms. The van der Waals surface area contributed by atoms with E-state index < -0.39 is 0 Å². The van der Waals surface area contributed by atoms with Crippen molar-refractivity contribution in [2.24, 2.45) is 5.73 Å². The molecule has 0 aliphatic carbocycles. The van der Waals surface area contributed by atoms with Crippen molar-refractivity contribution in [1.82, 2.24) is 4.57 Å². The molecule has 0 bridgehead atoms. The predicted octanol–water partition coefficient (Wildman–Crippen LogP) is 3.81. The monoisotopic (exact) mass is 278 g/mol. The van der Waals surface area contributed by atoms with Crippen LogP contribution in [0.3, 0.4) is 0 Å². The molecule has 108 valence electrons. The van der Waals surface area contributed by atoms with Gasteiger partial charge >= 0.3 is 0 Å². The van der Waals surface area contributed by atoms with E-state index >= 15 is 0 Å². The van der Waals surface area contributed by atoms with Crippen LogP contribution in [0.1, 0.15) is 22.3 Å². The summed E-state index contributed by atoms with van der Waals surface area (Å²) in [6, 6.07) is 15.4. The van der Waals surface area contributed by atoms with Gasteiger partial charge in [-0.1, -0.05) is 24.3 Å². The number of hydrogen-bond acceptors (Lipinski definition) is 1. The molecule has 2 nitrogen and oxygen atoms in total. The first-order valence-electron chi connectivity index (χ1n) is 7.52. The van der Waals surface area contributed by atoms with Crippen molar-refractivity contribution >= 4 is 10.9 Å². The largest absolute Gasteiger partial charge is 0.343 e. The Bertz CT molecular complexity index is 748. The Morgan fingerprint density at radius 3 is 2.48 bits per heavy atom. The Labute approximate surface area is 126 Å². The molecule has 0 saturated heterocycles. The summed E-state index contributed by atoms with van der Waals surface area (Å²) in [7, 11) is 0. The summed E-state index contributed by atoms with van der Waals surface area (Å²) in [4.78, 5) is 0. The molecular weight excluding hydrogens is 256 g/mol. The van der Waals surface area contributed by atoms with Crippen LogP contribution in [0.25, 0.3) is 10.9 Å². The number of benzene rings is 2. The van der Waals surface area contributed by atoms with Crippen LogP contribution in [0.5, 0.6) is 0 Å². The molecule has 0 radical (unpaired) electrons. The van der Waals surface area contributed by atoms with Gasteiger partial charge < -0.3 is 10.3 Å². The van der Waals surface area contributed by atoms with Crippen LogP contribution >= 0.6 is 0 Å². The van der Waals surface area contributed by atoms with Gasteiger partial charge in [-0.3, -0.25) is 0 Å². The fourth-order valence-electron chi connectivity index (χ4n) is 2.98. The molecule has 3 aromatic rings. The highest BCUT2D eigenvalue weighted by molar-refractivity contribution is 5.81. The lowest BCUT2D eigenvalue weighted by molar-refractivity contribution is 0.823. The molecule has 0 aliphatic rings. The third-order valence-corrected chi connectivity index (χ3v) is 4.24. The second kappa shape index (κ2) is 5.74. The number of nitrogens with zero attached hydrogens (tertiary/aromatic N) is 1. The van der Waals surface area contributed by atoms with Crippen LogP contribution in [-0.4, -0.2) is 11.1 Å². The van der Waals surface area contributed by atoms with E-state index in [0.717, 1.165) is 13.0 Å². The van der Waals surface area contributed by atoms with Crippen LogP contribution in [0.15, 0.2) is 48.7 Å². The number of aromatic nitrogens is 1. The van der Waals surface area contributed by atoms with Crippen LogP contribution in [0.4, 0.5) is 0 Å². The van der Waals surface area contributed by atoms with Crippen molar-refractivity contribution in [2.45, 2.75) is 26.8 Å². The van der Waals surface area contributed by atoms with Gasteiger partial charge in [0.1, 0.15) is 0 Å². The van der Waals surface area contributed by atoms with Gasteiger partial charge in [-0.05, 0) is 72.7 Å². The fraction of sp³-hybridized carbons (Fsp3) is 0.263. The third kappa shape index (κ3) is 2.72. The van der Waals surface area contributed by atoms with Crippen molar-refractivity contribution in [3.8, 4) is 0 Å². The van der Waals surface area contributed by atoms with E-state index in [-0.39, 0.29) is 0 Å². The van der Waals surface area contributed by atoms with Gasteiger partial charge in [0, 0.05) is 18.3 Å². The second-order valence-corrected chi connectivity index (χ2v) is 5.75. The van der Waals surface area contributed by atoms with Crippen LogP contribution in [0.2, 0.25) is 0 Å². The van der Waals surface area contributed by atoms with E-state index in [9.17, 15) is 0 Å². The molecule has 21 heavy (non-hydrogen) atoms. The van der Waals surface area contributed by atoms with Crippen LogP contribution in [0, 0.1) is 13.8 Å². The third-order valence-electron chi connectivity index (χ3n) is 4.24. The highest BCUT2D eigenvalue weighted by Crippen LogP contribution is 2.21. The molecule has 0 saturated carbocycles. The molecule has 2 aromatic carbocycles. The molecule has 2 N–H and O–H groups in total. The fourth-order valence-corrected chi connectivity index (χ4v) is 2.98. The highest BCUT2D eigenvalue weighted by atomic mass is 14.9. The van der Waals surface area contributed by atoms with Crippen molar-refractivity contribution < 1.29 is 0 Å². The van der Waals surface area contributed by atoms with Crippen molar-refractivity contribution in [1.29, 1.82) is 0 Å². The summed E-state index contributed by atoms with van der Waals surface area (Å²) < 4.78 is 2.33. The smallest absolute Gasteiger partial charge is 0.0483 e. The van der Waals surface area contributed by atoms with Crippen molar-refractivity contribution in [3.05, 3.63) is 70.9 Å². The van der Waals surface area contributed by atoms with Gasteiger partial charge in [0.2, 0.25) is 0 Å². The maximum atomic E-state index is 5.64. The average Bonchev–Trinajstić information content (AvgIpc) is 2.86. The molecule has 1 heterocycles. The van der Waals surface area contributed by atoms with E-state index in [0.29, 0.717) is 6.54 Å². The Kier molecular flexibility index (Phi) is 3.80. The summed E-state index contributed by atoms with van der Waals surface area (Å²) in [5.41, 5.74) is 12.4. The first-order chi connectivity index (χ1) is 10.2. The Hall–Kier alpha value is -2.06.